The van der Waals surface area contributed by atoms with Gasteiger partial charge < -0.3 is 9.64 Å². The molecule has 8 nitrogen and oxygen atoms in total. The smallest absolute Gasteiger partial charge is 0.327 e. The van der Waals surface area contributed by atoms with Crippen LogP contribution in [0.4, 0.5) is 4.79 Å². The van der Waals surface area contributed by atoms with Gasteiger partial charge in [0.2, 0.25) is 10.0 Å². The van der Waals surface area contributed by atoms with Crippen molar-refractivity contribution in [2.75, 3.05) is 33.4 Å². The molecule has 2 heterocycles. The number of morpholine rings is 1. The molecule has 29 heavy (non-hydrogen) atoms. The van der Waals surface area contributed by atoms with E-state index in [-0.39, 0.29) is 23.4 Å². The van der Waals surface area contributed by atoms with Gasteiger partial charge in [-0.05, 0) is 30.5 Å². The summed E-state index contributed by atoms with van der Waals surface area (Å²) >= 11 is 0. The van der Waals surface area contributed by atoms with Crippen LogP contribution in [0.15, 0.2) is 29.2 Å². The summed E-state index contributed by atoms with van der Waals surface area (Å²) < 4.78 is 32.5. The molecule has 1 aliphatic carbocycles. The highest BCUT2D eigenvalue weighted by molar-refractivity contribution is 7.89. The van der Waals surface area contributed by atoms with Gasteiger partial charge in [-0.2, -0.15) is 4.31 Å². The molecule has 1 aromatic rings. The van der Waals surface area contributed by atoms with E-state index in [4.69, 9.17) is 4.74 Å². The lowest BCUT2D eigenvalue weighted by atomic mass is 9.81. The Balaban J connectivity index is 1.56. The highest BCUT2D eigenvalue weighted by Crippen LogP contribution is 2.40. The molecule has 0 unspecified atom stereocenters. The van der Waals surface area contributed by atoms with Gasteiger partial charge in [0.25, 0.3) is 5.91 Å². The van der Waals surface area contributed by atoms with Gasteiger partial charge in [0.05, 0.1) is 24.7 Å². The molecular formula is C20H27N3O5S. The molecule has 2 saturated heterocycles. The number of imide groups is 1. The Hall–Kier alpha value is -1.97. The van der Waals surface area contributed by atoms with E-state index < -0.39 is 15.6 Å². The fraction of sp³-hybridized carbons (Fsp3) is 0.600. The molecule has 3 fully saturated rings. The Morgan fingerprint density at radius 3 is 2.45 bits per heavy atom. The van der Waals surface area contributed by atoms with Gasteiger partial charge in [-0.3, -0.25) is 9.69 Å². The van der Waals surface area contributed by atoms with Crippen molar-refractivity contribution in [1.82, 2.24) is 14.1 Å². The maximum Gasteiger partial charge on any atom is 0.327 e. The molecular weight excluding hydrogens is 394 g/mol. The molecule has 0 N–H and O–H groups in total. The van der Waals surface area contributed by atoms with Gasteiger partial charge in [0, 0.05) is 20.1 Å². The van der Waals surface area contributed by atoms with Crippen LogP contribution >= 0.6 is 0 Å². The lowest BCUT2D eigenvalue weighted by Crippen LogP contribution is -2.49. The number of sulfonamides is 1. The van der Waals surface area contributed by atoms with Crippen molar-refractivity contribution in [1.29, 1.82) is 0 Å². The van der Waals surface area contributed by atoms with Crippen LogP contribution in [0.5, 0.6) is 0 Å². The number of carbonyl (C=O) groups excluding carboxylic acids is 2. The molecule has 0 aromatic heterocycles. The van der Waals surface area contributed by atoms with Crippen LogP contribution in [0.3, 0.4) is 0 Å². The molecule has 158 valence electrons. The predicted octanol–water partition coefficient (Wildman–Crippen LogP) is 1.80. The van der Waals surface area contributed by atoms with Crippen LogP contribution < -0.4 is 0 Å². The summed E-state index contributed by atoms with van der Waals surface area (Å²) in [6, 6.07) is 6.23. The summed E-state index contributed by atoms with van der Waals surface area (Å²) in [4.78, 5) is 29.0. The Kier molecular flexibility index (Phi) is 5.39. The molecule has 3 aliphatic rings. The van der Waals surface area contributed by atoms with Crippen molar-refractivity contribution >= 4 is 22.0 Å². The van der Waals surface area contributed by atoms with E-state index in [1.165, 1.54) is 9.21 Å². The summed E-state index contributed by atoms with van der Waals surface area (Å²) in [7, 11) is -1.93. The van der Waals surface area contributed by atoms with Crippen molar-refractivity contribution in [3.63, 3.8) is 0 Å². The minimum atomic E-state index is -3.63. The number of hydrogen-bond acceptors (Lipinski definition) is 5. The molecule has 0 radical (unpaired) electrons. The predicted molar refractivity (Wildman–Crippen MR) is 106 cm³/mol. The van der Waals surface area contributed by atoms with E-state index in [0.717, 1.165) is 19.3 Å². The van der Waals surface area contributed by atoms with Crippen molar-refractivity contribution in [2.45, 2.75) is 49.1 Å². The van der Waals surface area contributed by atoms with Crippen LogP contribution in [-0.4, -0.2) is 73.4 Å². The van der Waals surface area contributed by atoms with Gasteiger partial charge >= 0.3 is 6.03 Å². The van der Waals surface area contributed by atoms with Crippen LogP contribution in [0.2, 0.25) is 0 Å². The normalized spacial score (nSPS) is 23.2. The van der Waals surface area contributed by atoms with Gasteiger partial charge in [-0.1, -0.05) is 31.4 Å². The van der Waals surface area contributed by atoms with Gasteiger partial charge in [0.1, 0.15) is 5.54 Å². The van der Waals surface area contributed by atoms with E-state index in [2.05, 4.69) is 0 Å². The van der Waals surface area contributed by atoms with Gasteiger partial charge in [-0.15, -0.1) is 0 Å². The first-order valence-electron chi connectivity index (χ1n) is 10.1. The maximum atomic E-state index is 13.2. The van der Waals surface area contributed by atoms with E-state index in [0.29, 0.717) is 44.7 Å². The number of nitrogens with zero attached hydrogens (tertiary/aromatic N) is 3. The van der Waals surface area contributed by atoms with E-state index in [1.807, 2.05) is 0 Å². The number of rotatable bonds is 4. The lowest BCUT2D eigenvalue weighted by Gasteiger charge is -2.35. The summed E-state index contributed by atoms with van der Waals surface area (Å²) in [5.74, 6) is -0.161. The van der Waals surface area contributed by atoms with Crippen LogP contribution in [0, 0.1) is 0 Å². The van der Waals surface area contributed by atoms with Crippen LogP contribution in [0.1, 0.15) is 37.7 Å². The topological polar surface area (TPSA) is 87.2 Å². The zero-order chi connectivity index (χ0) is 20.6. The second kappa shape index (κ2) is 7.70. The second-order valence-corrected chi connectivity index (χ2v) is 9.93. The van der Waals surface area contributed by atoms with E-state index in [1.54, 1.807) is 36.2 Å². The number of hydrogen-bond donors (Lipinski definition) is 0. The largest absolute Gasteiger partial charge is 0.379 e. The molecule has 0 bridgehead atoms. The monoisotopic (exact) mass is 421 g/mol. The third-order valence-electron chi connectivity index (χ3n) is 6.33. The van der Waals surface area contributed by atoms with Crippen LogP contribution in [-0.2, 0) is 26.1 Å². The highest BCUT2D eigenvalue weighted by atomic mass is 32.2. The first-order chi connectivity index (χ1) is 13.9. The molecule has 0 atom stereocenters. The molecule has 4 rings (SSSR count). The van der Waals surface area contributed by atoms with Crippen molar-refractivity contribution in [3.8, 4) is 0 Å². The third-order valence-corrected chi connectivity index (χ3v) is 8.23. The van der Waals surface area contributed by atoms with E-state index in [9.17, 15) is 18.0 Å². The standard InChI is InChI=1S/C20H27N3O5S/c1-21-19(25)23(18(24)20(21)8-3-2-4-9-20)15-16-6-5-7-17(14-16)29(26,27)22-10-12-28-13-11-22/h5-7,14H,2-4,8-13,15H2,1H3. The average Bonchev–Trinajstić information content (AvgIpc) is 2.91. The van der Waals surface area contributed by atoms with Crippen molar-refractivity contribution < 1.29 is 22.7 Å². The first-order valence-corrected chi connectivity index (χ1v) is 11.6. The number of ether oxygens (including phenoxy) is 1. The minimum absolute atomic E-state index is 0.0796. The lowest BCUT2D eigenvalue weighted by molar-refractivity contribution is -0.134. The van der Waals surface area contributed by atoms with Gasteiger partial charge in [-0.25, -0.2) is 13.2 Å². The van der Waals surface area contributed by atoms with Crippen molar-refractivity contribution in [3.05, 3.63) is 29.8 Å². The zero-order valence-corrected chi connectivity index (χ0v) is 17.5. The summed E-state index contributed by atoms with van der Waals surface area (Å²) in [6.07, 6.45) is 4.33. The molecule has 1 saturated carbocycles. The SMILES string of the molecule is CN1C(=O)N(Cc2cccc(S(=O)(=O)N3CCOCC3)c2)C(=O)C12CCCCC2. The number of urea groups is 1. The number of benzene rings is 1. The van der Waals surface area contributed by atoms with Gasteiger partial charge in [0.15, 0.2) is 0 Å². The Labute approximate surface area is 171 Å². The van der Waals surface area contributed by atoms with E-state index >= 15 is 0 Å². The summed E-state index contributed by atoms with van der Waals surface area (Å²) in [6.45, 7) is 1.48. The quantitative estimate of drug-likeness (QED) is 0.692. The highest BCUT2D eigenvalue weighted by Gasteiger charge is 2.55. The average molecular weight is 422 g/mol. The maximum absolute atomic E-state index is 13.2. The Bertz CT molecular complexity index is 904. The molecule has 3 amide bonds. The van der Waals surface area contributed by atoms with Crippen molar-refractivity contribution in [2.24, 2.45) is 0 Å². The minimum Gasteiger partial charge on any atom is -0.379 e. The Morgan fingerprint density at radius 2 is 1.76 bits per heavy atom. The summed E-state index contributed by atoms with van der Waals surface area (Å²) in [5.41, 5.74) is -0.102. The molecule has 2 aliphatic heterocycles. The fourth-order valence-corrected chi connectivity index (χ4v) is 6.07. The number of likely N-dealkylation sites (N-methyl/N-ethyl adjacent to an activating group) is 1. The molecule has 1 spiro atoms. The number of carbonyl (C=O) groups is 2. The second-order valence-electron chi connectivity index (χ2n) is 7.99. The molecule has 1 aromatic carbocycles. The third kappa shape index (κ3) is 3.45. The summed E-state index contributed by atoms with van der Waals surface area (Å²) in [5, 5.41) is 0. The van der Waals surface area contributed by atoms with Crippen LogP contribution in [0.25, 0.3) is 0 Å². The first kappa shape index (κ1) is 20.3. The molecule has 9 heteroatoms. The zero-order valence-electron chi connectivity index (χ0n) is 16.7. The number of amides is 3. The fourth-order valence-electron chi connectivity index (χ4n) is 4.59. The Morgan fingerprint density at radius 1 is 1.07 bits per heavy atom.